The quantitative estimate of drug-likeness (QED) is 0.183. The van der Waals surface area contributed by atoms with Gasteiger partial charge in [0.2, 0.25) is 0 Å². The summed E-state index contributed by atoms with van der Waals surface area (Å²) in [6.07, 6.45) is 5.01. The van der Waals surface area contributed by atoms with E-state index in [1.807, 2.05) is 18.2 Å². The van der Waals surface area contributed by atoms with E-state index < -0.39 is 14.4 Å². The molecule has 0 unspecified atom stereocenters. The van der Waals surface area contributed by atoms with Crippen LogP contribution in [0.2, 0.25) is 18.1 Å². The molecule has 0 spiro atoms. The normalized spacial score (nSPS) is 18.7. The van der Waals surface area contributed by atoms with Crippen molar-refractivity contribution >= 4 is 25.6 Å². The highest BCUT2D eigenvalue weighted by molar-refractivity contribution is 6.74. The van der Waals surface area contributed by atoms with Crippen molar-refractivity contribution in [2.24, 2.45) is 10.8 Å². The maximum atomic E-state index is 14.0. The number of ether oxygens (including phenoxy) is 1. The fraction of sp³-hybridized carbons (Fsp3) is 0.613. The lowest BCUT2D eigenvalue weighted by Crippen LogP contribution is -2.45. The Morgan fingerprint density at radius 1 is 1.14 bits per heavy atom. The fourth-order valence-electron chi connectivity index (χ4n) is 5.24. The average Bonchev–Trinajstić information content (AvgIpc) is 2.72. The van der Waals surface area contributed by atoms with Gasteiger partial charge in [0.05, 0.1) is 19.6 Å². The number of rotatable bonds is 9. The van der Waals surface area contributed by atoms with E-state index in [4.69, 9.17) is 9.16 Å². The van der Waals surface area contributed by atoms with E-state index in [2.05, 4.69) is 61.6 Å². The summed E-state index contributed by atoms with van der Waals surface area (Å²) in [5.74, 6) is -0.687. The molecule has 6 heteroatoms. The highest BCUT2D eigenvalue weighted by Gasteiger charge is 2.40. The van der Waals surface area contributed by atoms with Gasteiger partial charge in [0.1, 0.15) is 5.82 Å². The van der Waals surface area contributed by atoms with E-state index in [9.17, 15) is 14.0 Å². The van der Waals surface area contributed by atoms with Crippen LogP contribution >= 0.6 is 0 Å². The molecule has 0 amide bonds. The van der Waals surface area contributed by atoms with Crippen LogP contribution < -0.4 is 0 Å². The maximum Gasteiger partial charge on any atom is 0.308 e. The zero-order chi connectivity index (χ0) is 28.4. The smallest absolute Gasteiger partial charge is 0.308 e. The van der Waals surface area contributed by atoms with Crippen LogP contribution in [0, 0.1) is 23.6 Å². The van der Waals surface area contributed by atoms with E-state index in [0.29, 0.717) is 5.56 Å². The first-order valence-electron chi connectivity index (χ1n) is 13.2. The summed E-state index contributed by atoms with van der Waals surface area (Å²) in [7, 11) is -0.845. The SMILES string of the molecule is COC(=O)C[C@@H](CC(=O)/C=C/C1=C(c2ccc(F)c(C)c2)CC(C)(C)CC1(C)C)O[Si](C)(C)C(C)(C)C. The van der Waals surface area contributed by atoms with Crippen molar-refractivity contribution in [2.45, 2.75) is 105 Å². The highest BCUT2D eigenvalue weighted by atomic mass is 28.4. The highest BCUT2D eigenvalue weighted by Crippen LogP contribution is 2.52. The molecule has 4 nitrogen and oxygen atoms in total. The number of carbonyl (C=O) groups is 2. The van der Waals surface area contributed by atoms with Crippen molar-refractivity contribution in [3.8, 4) is 0 Å². The van der Waals surface area contributed by atoms with Crippen LogP contribution in [0.25, 0.3) is 5.57 Å². The maximum absolute atomic E-state index is 14.0. The molecular formula is C31H47FO4Si. The minimum atomic E-state index is -2.20. The van der Waals surface area contributed by atoms with E-state index >= 15 is 0 Å². The zero-order valence-electron chi connectivity index (χ0n) is 24.8. The molecule has 0 saturated carbocycles. The second kappa shape index (κ2) is 11.4. The predicted molar refractivity (Wildman–Crippen MR) is 152 cm³/mol. The first-order valence-corrected chi connectivity index (χ1v) is 16.1. The summed E-state index contributed by atoms with van der Waals surface area (Å²) in [6, 6.07) is 5.26. The topological polar surface area (TPSA) is 52.6 Å². The Morgan fingerprint density at radius 2 is 1.76 bits per heavy atom. The molecule has 0 heterocycles. The lowest BCUT2D eigenvalue weighted by Gasteiger charge is -2.43. The Hall–Kier alpha value is -2.05. The summed E-state index contributed by atoms with van der Waals surface area (Å²) in [5, 5.41) is -0.0494. The van der Waals surface area contributed by atoms with Gasteiger partial charge in [-0.25, -0.2) is 4.39 Å². The van der Waals surface area contributed by atoms with Gasteiger partial charge in [-0.2, -0.15) is 0 Å². The Labute approximate surface area is 224 Å². The number of hydrogen-bond acceptors (Lipinski definition) is 4. The van der Waals surface area contributed by atoms with Crippen molar-refractivity contribution in [3.63, 3.8) is 0 Å². The molecule has 0 aliphatic heterocycles. The van der Waals surface area contributed by atoms with Gasteiger partial charge in [-0.3, -0.25) is 9.59 Å². The van der Waals surface area contributed by atoms with Gasteiger partial charge in [0.25, 0.3) is 0 Å². The number of esters is 1. The van der Waals surface area contributed by atoms with Crippen molar-refractivity contribution in [2.75, 3.05) is 7.11 Å². The van der Waals surface area contributed by atoms with Gasteiger partial charge in [0, 0.05) is 6.42 Å². The minimum absolute atomic E-state index is 0.0467. The van der Waals surface area contributed by atoms with Crippen LogP contribution in [0.15, 0.2) is 35.9 Å². The largest absolute Gasteiger partial charge is 0.469 e. The van der Waals surface area contributed by atoms with Crippen LogP contribution in [0.3, 0.4) is 0 Å². The van der Waals surface area contributed by atoms with Crippen LogP contribution in [0.5, 0.6) is 0 Å². The average molecular weight is 531 g/mol. The third kappa shape index (κ3) is 8.21. The summed E-state index contributed by atoms with van der Waals surface area (Å²) in [4.78, 5) is 25.3. The number of hydrogen-bond donors (Lipinski definition) is 0. The number of carbonyl (C=O) groups excluding carboxylic acids is 2. The van der Waals surface area contributed by atoms with E-state index in [0.717, 1.165) is 29.6 Å². The van der Waals surface area contributed by atoms with Gasteiger partial charge in [-0.15, -0.1) is 0 Å². The molecule has 2 rings (SSSR count). The summed E-state index contributed by atoms with van der Waals surface area (Å²) in [6.45, 7) is 21.3. The second-order valence-corrected chi connectivity index (χ2v) is 18.3. The van der Waals surface area contributed by atoms with Crippen LogP contribution in [-0.4, -0.2) is 33.3 Å². The molecule has 37 heavy (non-hydrogen) atoms. The van der Waals surface area contributed by atoms with Crippen LogP contribution in [0.4, 0.5) is 4.39 Å². The predicted octanol–water partition coefficient (Wildman–Crippen LogP) is 8.20. The molecule has 1 aliphatic rings. The van der Waals surface area contributed by atoms with E-state index in [1.54, 1.807) is 13.0 Å². The Bertz CT molecular complexity index is 1070. The molecule has 0 N–H and O–H groups in total. The Kier molecular flexibility index (Phi) is 9.57. The first kappa shape index (κ1) is 31.2. The third-order valence-corrected chi connectivity index (χ3v) is 12.4. The second-order valence-electron chi connectivity index (χ2n) is 13.5. The number of halogens is 1. The number of benzene rings is 1. The molecule has 206 valence electrons. The van der Waals surface area contributed by atoms with Crippen LogP contribution in [-0.2, 0) is 18.8 Å². The van der Waals surface area contributed by atoms with E-state index in [1.165, 1.54) is 13.2 Å². The first-order chi connectivity index (χ1) is 16.8. The molecule has 1 aliphatic carbocycles. The molecule has 0 radical (unpaired) electrons. The number of ketones is 1. The van der Waals surface area contributed by atoms with Gasteiger partial charge >= 0.3 is 5.97 Å². The molecule has 0 saturated heterocycles. The molecular weight excluding hydrogens is 483 g/mol. The standard InChI is InChI=1S/C31H47FO4Si/c1-21-16-22(12-15-27(21)32)25-19-30(5,6)20-31(7,8)26(25)14-13-23(33)17-24(18-28(34)35-9)36-37(10,11)29(2,3)4/h12-16,24H,17-20H2,1-11H3/b14-13+/t24-/m1/s1. The van der Waals surface area contributed by atoms with E-state index in [-0.39, 0.29) is 46.3 Å². The number of aryl methyl sites for hydroxylation is 1. The van der Waals surface area contributed by atoms with Crippen molar-refractivity contribution in [1.29, 1.82) is 0 Å². The Morgan fingerprint density at radius 3 is 2.30 bits per heavy atom. The number of methoxy groups -OCH3 is 1. The Balaban J connectivity index is 2.42. The van der Waals surface area contributed by atoms with Gasteiger partial charge in [-0.1, -0.05) is 60.6 Å². The van der Waals surface area contributed by atoms with Crippen molar-refractivity contribution in [1.82, 2.24) is 0 Å². The molecule has 0 bridgehead atoms. The summed E-state index contributed by atoms with van der Waals surface area (Å²) >= 11 is 0. The molecule has 1 aromatic rings. The lowest BCUT2D eigenvalue weighted by molar-refractivity contribution is -0.142. The number of allylic oxidation sites excluding steroid dienone is 4. The lowest BCUT2D eigenvalue weighted by atomic mass is 9.61. The molecule has 0 aromatic heterocycles. The molecule has 1 atom stereocenters. The minimum Gasteiger partial charge on any atom is -0.469 e. The molecule has 0 fully saturated rings. The molecule has 1 aromatic carbocycles. The van der Waals surface area contributed by atoms with Crippen LogP contribution in [0.1, 0.15) is 85.3 Å². The van der Waals surface area contributed by atoms with Gasteiger partial charge in [0.15, 0.2) is 14.1 Å². The van der Waals surface area contributed by atoms with Gasteiger partial charge < -0.3 is 9.16 Å². The summed E-state index contributed by atoms with van der Waals surface area (Å²) < 4.78 is 25.4. The van der Waals surface area contributed by atoms with Crippen molar-refractivity contribution < 1.29 is 23.1 Å². The zero-order valence-corrected chi connectivity index (χ0v) is 25.8. The van der Waals surface area contributed by atoms with Crippen molar-refractivity contribution in [3.05, 3.63) is 52.9 Å². The summed E-state index contributed by atoms with van der Waals surface area (Å²) in [5.41, 5.74) is 3.76. The van der Waals surface area contributed by atoms with Gasteiger partial charge in [-0.05, 0) is 89.2 Å². The third-order valence-electron chi connectivity index (χ3n) is 7.89. The fourth-order valence-corrected chi connectivity index (χ4v) is 6.59. The monoisotopic (exact) mass is 530 g/mol.